The van der Waals surface area contributed by atoms with Gasteiger partial charge in [0.2, 0.25) is 11.8 Å². The number of amides is 1. The largest absolute Gasteiger partial charge is 0.493 e. The first kappa shape index (κ1) is 23.4. The maximum atomic E-state index is 13.4. The van der Waals surface area contributed by atoms with Gasteiger partial charge < -0.3 is 19.2 Å². The lowest BCUT2D eigenvalue weighted by molar-refractivity contribution is -0.115. The second-order valence-electron chi connectivity index (χ2n) is 7.66. The molecule has 0 spiro atoms. The molecule has 3 aromatic carbocycles. The van der Waals surface area contributed by atoms with Gasteiger partial charge in [-0.25, -0.2) is 0 Å². The monoisotopic (exact) mass is 475 g/mol. The Kier molecular flexibility index (Phi) is 7.18. The number of nitrogens with one attached hydrogen (secondary N) is 1. The Hall–Kier alpha value is -3.78. The topological polar surface area (TPSA) is 86.5 Å². The molecule has 0 saturated carbocycles. The zero-order valence-corrected chi connectivity index (χ0v) is 20.2. The maximum Gasteiger partial charge on any atom is 0.277 e. The first-order valence-corrected chi connectivity index (χ1v) is 11.5. The molecule has 1 heterocycles. The zero-order chi connectivity index (χ0) is 24.1. The first-order valence-electron chi connectivity index (χ1n) is 10.6. The van der Waals surface area contributed by atoms with Crippen LogP contribution in [0.1, 0.15) is 21.9 Å². The van der Waals surface area contributed by atoms with Crippen LogP contribution in [0.25, 0.3) is 11.5 Å². The minimum Gasteiger partial charge on any atom is -0.493 e. The summed E-state index contributed by atoms with van der Waals surface area (Å²) in [6, 6.07) is 20.8. The molecule has 0 fully saturated rings. The van der Waals surface area contributed by atoms with Crippen LogP contribution >= 0.6 is 11.8 Å². The second-order valence-corrected chi connectivity index (χ2v) is 8.72. The zero-order valence-electron chi connectivity index (χ0n) is 19.4. The fourth-order valence-electron chi connectivity index (χ4n) is 3.41. The molecule has 0 saturated heterocycles. The molecule has 1 atom stereocenters. The first-order chi connectivity index (χ1) is 16.5. The molecule has 7 nitrogen and oxygen atoms in total. The van der Waals surface area contributed by atoms with E-state index in [-0.39, 0.29) is 11.1 Å². The van der Waals surface area contributed by atoms with Crippen LogP contribution in [0.15, 0.2) is 76.4 Å². The number of nitrogens with zero attached hydrogens (tertiary/aromatic N) is 2. The summed E-state index contributed by atoms with van der Waals surface area (Å²) in [5.41, 5.74) is 4.36. The van der Waals surface area contributed by atoms with Gasteiger partial charge in [-0.3, -0.25) is 4.79 Å². The number of ether oxygens (including phenoxy) is 2. The summed E-state index contributed by atoms with van der Waals surface area (Å²) in [6.45, 7) is 3.96. The van der Waals surface area contributed by atoms with E-state index in [0.717, 1.165) is 22.4 Å². The Morgan fingerprint density at radius 2 is 1.71 bits per heavy atom. The third-order valence-electron chi connectivity index (χ3n) is 5.25. The number of carbonyl (C=O) groups excluding carboxylic acids is 1. The molecule has 0 aliphatic heterocycles. The normalized spacial score (nSPS) is 11.6. The Morgan fingerprint density at radius 1 is 0.941 bits per heavy atom. The van der Waals surface area contributed by atoms with E-state index in [1.807, 2.05) is 68.4 Å². The molecule has 1 unspecified atom stereocenters. The molecule has 4 rings (SSSR count). The summed E-state index contributed by atoms with van der Waals surface area (Å²) in [5, 5.41) is 11.1. The minimum absolute atomic E-state index is 0.171. The number of hydrogen-bond donors (Lipinski definition) is 1. The molecule has 174 valence electrons. The highest BCUT2D eigenvalue weighted by molar-refractivity contribution is 8.00. The lowest BCUT2D eigenvalue weighted by atomic mass is 10.1. The van der Waals surface area contributed by atoms with Crippen molar-refractivity contribution in [2.75, 3.05) is 19.5 Å². The van der Waals surface area contributed by atoms with Gasteiger partial charge >= 0.3 is 0 Å². The molecule has 0 aliphatic carbocycles. The van der Waals surface area contributed by atoms with E-state index in [9.17, 15) is 4.79 Å². The van der Waals surface area contributed by atoms with Crippen LogP contribution in [0, 0.1) is 13.8 Å². The van der Waals surface area contributed by atoms with Crippen molar-refractivity contribution in [3.63, 3.8) is 0 Å². The van der Waals surface area contributed by atoms with E-state index < -0.39 is 5.25 Å². The lowest BCUT2D eigenvalue weighted by Gasteiger charge is -2.16. The van der Waals surface area contributed by atoms with Crippen molar-refractivity contribution in [3.05, 3.63) is 83.4 Å². The van der Waals surface area contributed by atoms with Gasteiger partial charge in [0.05, 0.1) is 14.2 Å². The number of anilines is 1. The predicted octanol–water partition coefficient (Wildman–Crippen LogP) is 5.84. The van der Waals surface area contributed by atoms with Crippen LogP contribution in [-0.4, -0.2) is 30.3 Å². The molecule has 34 heavy (non-hydrogen) atoms. The van der Waals surface area contributed by atoms with Crippen LogP contribution in [0.5, 0.6) is 11.5 Å². The number of methoxy groups -OCH3 is 2. The number of rotatable bonds is 8. The molecule has 0 aliphatic rings. The van der Waals surface area contributed by atoms with Gasteiger partial charge in [-0.1, -0.05) is 42.5 Å². The summed E-state index contributed by atoms with van der Waals surface area (Å²) in [5.74, 6) is 1.32. The third kappa shape index (κ3) is 5.23. The number of aromatic nitrogens is 2. The van der Waals surface area contributed by atoms with Crippen molar-refractivity contribution in [3.8, 4) is 23.0 Å². The number of benzene rings is 3. The van der Waals surface area contributed by atoms with Crippen LogP contribution in [0.2, 0.25) is 0 Å². The number of carbonyl (C=O) groups is 1. The average molecular weight is 476 g/mol. The fraction of sp³-hybridized carbons (Fsp3) is 0.192. The van der Waals surface area contributed by atoms with E-state index in [0.29, 0.717) is 23.0 Å². The number of aryl methyl sites for hydroxylation is 2. The van der Waals surface area contributed by atoms with Gasteiger partial charge in [0.15, 0.2) is 11.5 Å². The molecule has 0 radical (unpaired) electrons. The Morgan fingerprint density at radius 3 is 2.44 bits per heavy atom. The lowest BCUT2D eigenvalue weighted by Crippen LogP contribution is -2.19. The SMILES string of the molecule is COc1ccc(-c2nnc(SC(C(=O)Nc3cc(C)ccc3C)c3ccccc3)o2)cc1OC. The van der Waals surface area contributed by atoms with Gasteiger partial charge in [0, 0.05) is 11.3 Å². The van der Waals surface area contributed by atoms with Crippen molar-refractivity contribution >= 4 is 23.4 Å². The van der Waals surface area contributed by atoms with Gasteiger partial charge in [0.25, 0.3) is 5.22 Å². The van der Waals surface area contributed by atoms with Crippen molar-refractivity contribution < 1.29 is 18.7 Å². The van der Waals surface area contributed by atoms with E-state index in [1.54, 1.807) is 26.4 Å². The molecule has 1 aromatic heterocycles. The Labute approximate surface area is 202 Å². The quantitative estimate of drug-likeness (QED) is 0.320. The maximum absolute atomic E-state index is 13.4. The smallest absolute Gasteiger partial charge is 0.277 e. The summed E-state index contributed by atoms with van der Waals surface area (Å²) in [4.78, 5) is 13.4. The molecular weight excluding hydrogens is 450 g/mol. The highest BCUT2D eigenvalue weighted by atomic mass is 32.2. The Bertz CT molecular complexity index is 1290. The minimum atomic E-state index is -0.584. The molecular formula is C26H25N3O4S. The highest BCUT2D eigenvalue weighted by Gasteiger charge is 2.26. The van der Waals surface area contributed by atoms with Crippen molar-refractivity contribution in [2.24, 2.45) is 0 Å². The molecule has 1 amide bonds. The van der Waals surface area contributed by atoms with E-state index in [4.69, 9.17) is 13.9 Å². The fourth-order valence-corrected chi connectivity index (χ4v) is 4.29. The van der Waals surface area contributed by atoms with Gasteiger partial charge in [-0.05, 0) is 66.6 Å². The number of thioether (sulfide) groups is 1. The number of hydrogen-bond acceptors (Lipinski definition) is 7. The van der Waals surface area contributed by atoms with Gasteiger partial charge in [0.1, 0.15) is 5.25 Å². The average Bonchev–Trinajstić information content (AvgIpc) is 3.33. The summed E-state index contributed by atoms with van der Waals surface area (Å²) >= 11 is 1.20. The van der Waals surface area contributed by atoms with Crippen molar-refractivity contribution in [1.82, 2.24) is 10.2 Å². The van der Waals surface area contributed by atoms with E-state index in [2.05, 4.69) is 15.5 Å². The van der Waals surface area contributed by atoms with Gasteiger partial charge in [-0.2, -0.15) is 0 Å². The van der Waals surface area contributed by atoms with Gasteiger partial charge in [-0.15, -0.1) is 10.2 Å². The Balaban J connectivity index is 1.60. The molecule has 8 heteroatoms. The summed E-state index contributed by atoms with van der Waals surface area (Å²) in [6.07, 6.45) is 0. The molecule has 4 aromatic rings. The van der Waals surface area contributed by atoms with Crippen LogP contribution in [0.3, 0.4) is 0 Å². The second kappa shape index (κ2) is 10.4. The third-order valence-corrected chi connectivity index (χ3v) is 6.34. The van der Waals surface area contributed by atoms with Crippen LogP contribution < -0.4 is 14.8 Å². The standard InChI is InChI=1S/C26H25N3O4S/c1-16-10-11-17(2)20(14-16)27-24(30)23(18-8-6-5-7-9-18)34-26-29-28-25(33-26)19-12-13-21(31-3)22(15-19)32-4/h5-15,23H,1-4H3,(H,27,30). The highest BCUT2D eigenvalue weighted by Crippen LogP contribution is 2.38. The van der Waals surface area contributed by atoms with E-state index >= 15 is 0 Å². The van der Waals surface area contributed by atoms with E-state index in [1.165, 1.54) is 11.8 Å². The van der Waals surface area contributed by atoms with Crippen LogP contribution in [0.4, 0.5) is 5.69 Å². The summed E-state index contributed by atoms with van der Waals surface area (Å²) in [7, 11) is 3.14. The summed E-state index contributed by atoms with van der Waals surface area (Å²) < 4.78 is 16.5. The molecule has 1 N–H and O–H groups in total. The van der Waals surface area contributed by atoms with Crippen molar-refractivity contribution in [2.45, 2.75) is 24.3 Å². The molecule has 0 bridgehead atoms. The van der Waals surface area contributed by atoms with Crippen LogP contribution in [-0.2, 0) is 4.79 Å². The predicted molar refractivity (Wildman–Crippen MR) is 132 cm³/mol. The van der Waals surface area contributed by atoms with Crippen molar-refractivity contribution in [1.29, 1.82) is 0 Å².